The highest BCUT2D eigenvalue weighted by Crippen LogP contribution is 2.31. The van der Waals surface area contributed by atoms with E-state index >= 15 is 0 Å². The maximum atomic E-state index is 12.3. The van der Waals surface area contributed by atoms with E-state index in [4.69, 9.17) is 5.11 Å². The number of anilines is 1. The van der Waals surface area contributed by atoms with Crippen molar-refractivity contribution in [1.82, 2.24) is 14.3 Å². The number of hydrogen-bond donors (Lipinski definition) is 1. The lowest BCUT2D eigenvalue weighted by molar-refractivity contribution is 0.0690. The molecule has 22 heavy (non-hydrogen) atoms. The molecule has 9 heteroatoms. The van der Waals surface area contributed by atoms with Crippen molar-refractivity contribution in [3.63, 3.8) is 0 Å². The fraction of sp³-hybridized carbons (Fsp3) is 0.615. The van der Waals surface area contributed by atoms with Gasteiger partial charge in [-0.2, -0.15) is 4.31 Å². The smallest absolute Gasteiger partial charge is 0.356 e. The molecule has 1 aliphatic heterocycles. The van der Waals surface area contributed by atoms with Gasteiger partial charge in [-0.25, -0.2) is 23.2 Å². The Hall–Kier alpha value is -1.74. The molecule has 0 unspecified atom stereocenters. The van der Waals surface area contributed by atoms with Crippen LogP contribution in [0.15, 0.2) is 12.4 Å². The van der Waals surface area contributed by atoms with E-state index in [0.29, 0.717) is 38.4 Å². The van der Waals surface area contributed by atoms with E-state index in [0.717, 1.165) is 12.8 Å². The van der Waals surface area contributed by atoms with Crippen molar-refractivity contribution in [1.29, 1.82) is 0 Å². The number of aromatic carboxylic acids is 1. The first-order valence-corrected chi connectivity index (χ1v) is 8.78. The van der Waals surface area contributed by atoms with Gasteiger partial charge in [-0.3, -0.25) is 0 Å². The van der Waals surface area contributed by atoms with E-state index in [1.54, 1.807) is 4.31 Å². The fourth-order valence-corrected chi connectivity index (χ4v) is 4.42. The SMILES string of the molecule is O=C(O)c1cnc(N2CCCN(S(=O)(=O)C3CC3)CC2)cn1. The second kappa shape index (κ2) is 5.81. The number of carboxylic acid groups (broad SMARTS) is 1. The largest absolute Gasteiger partial charge is 0.476 e. The van der Waals surface area contributed by atoms with Gasteiger partial charge in [-0.15, -0.1) is 0 Å². The van der Waals surface area contributed by atoms with Crippen molar-refractivity contribution in [3.8, 4) is 0 Å². The second-order valence-corrected chi connectivity index (χ2v) is 7.76. The van der Waals surface area contributed by atoms with Gasteiger partial charge in [0, 0.05) is 26.2 Å². The van der Waals surface area contributed by atoms with E-state index in [-0.39, 0.29) is 10.9 Å². The summed E-state index contributed by atoms with van der Waals surface area (Å²) in [5.41, 5.74) is -0.100. The van der Waals surface area contributed by atoms with Crippen LogP contribution in [0.3, 0.4) is 0 Å². The molecule has 2 heterocycles. The van der Waals surface area contributed by atoms with Crippen molar-refractivity contribution in [3.05, 3.63) is 18.1 Å². The lowest BCUT2D eigenvalue weighted by Gasteiger charge is -2.22. The third-order valence-electron chi connectivity index (χ3n) is 3.94. The molecule has 3 rings (SSSR count). The minimum atomic E-state index is -3.14. The van der Waals surface area contributed by atoms with E-state index in [1.807, 2.05) is 4.90 Å². The average Bonchev–Trinajstić information content (AvgIpc) is 3.33. The number of hydrogen-bond acceptors (Lipinski definition) is 6. The van der Waals surface area contributed by atoms with Crippen molar-refractivity contribution >= 4 is 21.8 Å². The van der Waals surface area contributed by atoms with Gasteiger partial charge in [-0.1, -0.05) is 0 Å². The molecular weight excluding hydrogens is 308 g/mol. The van der Waals surface area contributed by atoms with E-state index < -0.39 is 16.0 Å². The van der Waals surface area contributed by atoms with Gasteiger partial charge in [0.05, 0.1) is 17.6 Å². The van der Waals surface area contributed by atoms with E-state index in [2.05, 4.69) is 9.97 Å². The monoisotopic (exact) mass is 326 g/mol. The van der Waals surface area contributed by atoms with E-state index in [9.17, 15) is 13.2 Å². The molecule has 120 valence electrons. The predicted octanol–water partition coefficient (Wildman–Crippen LogP) is 0.179. The van der Waals surface area contributed by atoms with Gasteiger partial charge >= 0.3 is 5.97 Å². The topological polar surface area (TPSA) is 104 Å². The number of rotatable bonds is 4. The number of aromatic nitrogens is 2. The van der Waals surface area contributed by atoms with Crippen LogP contribution in [0.2, 0.25) is 0 Å². The van der Waals surface area contributed by atoms with Crippen LogP contribution < -0.4 is 4.90 Å². The molecule has 1 saturated carbocycles. The van der Waals surface area contributed by atoms with Crippen molar-refractivity contribution in [2.24, 2.45) is 0 Å². The molecule has 0 amide bonds. The highest BCUT2D eigenvalue weighted by atomic mass is 32.2. The molecule has 1 N–H and O–H groups in total. The molecule has 1 saturated heterocycles. The molecule has 2 fully saturated rings. The van der Waals surface area contributed by atoms with Gasteiger partial charge in [0.25, 0.3) is 0 Å². The van der Waals surface area contributed by atoms with Gasteiger partial charge in [0.1, 0.15) is 5.82 Å². The summed E-state index contributed by atoms with van der Waals surface area (Å²) in [7, 11) is -3.14. The normalized spacial score (nSPS) is 20.6. The molecule has 0 radical (unpaired) electrons. The van der Waals surface area contributed by atoms with Crippen LogP contribution in [0.5, 0.6) is 0 Å². The molecule has 8 nitrogen and oxygen atoms in total. The molecule has 1 aromatic rings. The molecule has 0 aromatic carbocycles. The second-order valence-electron chi connectivity index (χ2n) is 5.55. The van der Waals surface area contributed by atoms with Crippen LogP contribution in [-0.2, 0) is 10.0 Å². The summed E-state index contributed by atoms with van der Waals surface area (Å²) in [4.78, 5) is 20.7. The standard InChI is InChI=1S/C13H18N4O4S/c18-13(19)11-8-15-12(9-14-11)16-4-1-5-17(7-6-16)22(20,21)10-2-3-10/h8-10H,1-7H2,(H,18,19). The molecular formula is C13H18N4O4S. The third kappa shape index (κ3) is 3.05. The summed E-state index contributed by atoms with van der Waals surface area (Å²) in [5, 5.41) is 8.64. The first-order valence-electron chi connectivity index (χ1n) is 7.28. The molecule has 1 aromatic heterocycles. The maximum Gasteiger partial charge on any atom is 0.356 e. The Labute approximate surface area is 128 Å². The van der Waals surface area contributed by atoms with Crippen LogP contribution in [0.4, 0.5) is 5.82 Å². The van der Waals surface area contributed by atoms with Gasteiger partial charge in [0.2, 0.25) is 10.0 Å². The Bertz CT molecular complexity index is 657. The third-order valence-corrected chi connectivity index (χ3v) is 6.34. The Morgan fingerprint density at radius 2 is 1.91 bits per heavy atom. The zero-order valence-corrected chi connectivity index (χ0v) is 12.9. The lowest BCUT2D eigenvalue weighted by Crippen LogP contribution is -2.37. The quantitative estimate of drug-likeness (QED) is 0.841. The molecule has 2 aliphatic rings. The van der Waals surface area contributed by atoms with E-state index in [1.165, 1.54) is 12.4 Å². The summed E-state index contributed by atoms with van der Waals surface area (Å²) in [6, 6.07) is 0. The van der Waals surface area contributed by atoms with Crippen LogP contribution >= 0.6 is 0 Å². The lowest BCUT2D eigenvalue weighted by atomic mass is 10.4. The van der Waals surface area contributed by atoms with Crippen LogP contribution in [0, 0.1) is 0 Å². The van der Waals surface area contributed by atoms with Crippen molar-refractivity contribution in [2.45, 2.75) is 24.5 Å². The zero-order chi connectivity index (χ0) is 15.7. The number of carbonyl (C=O) groups is 1. The van der Waals surface area contributed by atoms with Crippen LogP contribution in [-0.4, -0.2) is 65.2 Å². The summed E-state index contributed by atoms with van der Waals surface area (Å²) < 4.78 is 26.1. The van der Waals surface area contributed by atoms with Gasteiger partial charge in [-0.05, 0) is 19.3 Å². The summed E-state index contributed by atoms with van der Waals surface area (Å²) in [6.45, 7) is 2.17. The van der Waals surface area contributed by atoms with Gasteiger partial charge in [0.15, 0.2) is 5.69 Å². The number of nitrogens with zero attached hydrogens (tertiary/aromatic N) is 4. The van der Waals surface area contributed by atoms with Crippen LogP contribution in [0.1, 0.15) is 29.8 Å². The Morgan fingerprint density at radius 3 is 2.50 bits per heavy atom. The highest BCUT2D eigenvalue weighted by Gasteiger charge is 2.40. The Morgan fingerprint density at radius 1 is 1.14 bits per heavy atom. The molecule has 0 bridgehead atoms. The summed E-state index contributed by atoms with van der Waals surface area (Å²) in [5.74, 6) is -0.535. The fourth-order valence-electron chi connectivity index (χ4n) is 2.55. The molecule has 0 atom stereocenters. The minimum absolute atomic E-state index is 0.100. The van der Waals surface area contributed by atoms with Crippen molar-refractivity contribution < 1.29 is 18.3 Å². The first-order chi connectivity index (χ1) is 10.5. The molecule has 1 aliphatic carbocycles. The summed E-state index contributed by atoms with van der Waals surface area (Å²) in [6.07, 6.45) is 4.90. The average molecular weight is 326 g/mol. The highest BCUT2D eigenvalue weighted by molar-refractivity contribution is 7.90. The first kappa shape index (κ1) is 15.2. The van der Waals surface area contributed by atoms with Crippen LogP contribution in [0.25, 0.3) is 0 Å². The minimum Gasteiger partial charge on any atom is -0.476 e. The predicted molar refractivity (Wildman–Crippen MR) is 79.3 cm³/mol. The number of sulfonamides is 1. The Kier molecular flexibility index (Phi) is 4.00. The van der Waals surface area contributed by atoms with Gasteiger partial charge < -0.3 is 10.0 Å². The zero-order valence-electron chi connectivity index (χ0n) is 12.1. The molecule has 0 spiro atoms. The summed E-state index contributed by atoms with van der Waals surface area (Å²) >= 11 is 0. The van der Waals surface area contributed by atoms with Crippen molar-refractivity contribution in [2.75, 3.05) is 31.1 Å². The Balaban J connectivity index is 1.68. The number of carboxylic acids is 1. The maximum absolute atomic E-state index is 12.3.